The molecule has 158 valence electrons. The van der Waals surface area contributed by atoms with Crippen molar-refractivity contribution in [2.45, 2.75) is 32.7 Å². The zero-order valence-corrected chi connectivity index (χ0v) is 17.1. The SMILES string of the molecule is CCN(CC(=O)Nc1ccccc1OC)CC(=O)NN1C(=O)N[C@@](C)(CC)C1=O. The average molecular weight is 405 g/mol. The van der Waals surface area contributed by atoms with Crippen LogP contribution in [0.1, 0.15) is 27.2 Å². The summed E-state index contributed by atoms with van der Waals surface area (Å²) in [4.78, 5) is 50.6. The molecule has 10 nitrogen and oxygen atoms in total. The number of carbonyl (C=O) groups excluding carboxylic acids is 4. The molecular formula is C19H27N5O5. The first-order chi connectivity index (χ1) is 13.7. The van der Waals surface area contributed by atoms with Crippen molar-refractivity contribution in [1.29, 1.82) is 0 Å². The highest BCUT2D eigenvalue weighted by atomic mass is 16.5. The summed E-state index contributed by atoms with van der Waals surface area (Å²) < 4.78 is 5.19. The van der Waals surface area contributed by atoms with Crippen LogP contribution in [-0.2, 0) is 14.4 Å². The third kappa shape index (κ3) is 5.23. The number of benzene rings is 1. The number of likely N-dealkylation sites (N-methyl/N-ethyl adjacent to an activating group) is 1. The predicted octanol–water partition coefficient (Wildman–Crippen LogP) is 0.707. The smallest absolute Gasteiger partial charge is 0.344 e. The van der Waals surface area contributed by atoms with E-state index in [1.165, 1.54) is 7.11 Å². The molecule has 0 bridgehead atoms. The summed E-state index contributed by atoms with van der Waals surface area (Å²) in [6, 6.07) is 6.32. The molecule has 0 saturated carbocycles. The second kappa shape index (κ2) is 9.37. The molecule has 1 saturated heterocycles. The molecule has 1 heterocycles. The fraction of sp³-hybridized carbons (Fsp3) is 0.474. The first-order valence-electron chi connectivity index (χ1n) is 9.35. The summed E-state index contributed by atoms with van der Waals surface area (Å²) in [5, 5.41) is 5.98. The maximum Gasteiger partial charge on any atom is 0.344 e. The highest BCUT2D eigenvalue weighted by molar-refractivity contribution is 6.07. The van der Waals surface area contributed by atoms with E-state index in [1.54, 1.807) is 49.9 Å². The number of nitrogens with one attached hydrogen (secondary N) is 3. The molecular weight excluding hydrogens is 378 g/mol. The molecule has 0 aromatic heterocycles. The van der Waals surface area contributed by atoms with Gasteiger partial charge in [-0.25, -0.2) is 4.79 Å². The third-order valence-electron chi connectivity index (χ3n) is 4.77. The van der Waals surface area contributed by atoms with E-state index in [1.807, 2.05) is 0 Å². The van der Waals surface area contributed by atoms with Crippen LogP contribution in [0.5, 0.6) is 5.75 Å². The number of carbonyl (C=O) groups is 4. The molecule has 1 aromatic carbocycles. The number of hydrazine groups is 1. The third-order valence-corrected chi connectivity index (χ3v) is 4.77. The Morgan fingerprint density at radius 1 is 1.17 bits per heavy atom. The van der Waals surface area contributed by atoms with E-state index in [-0.39, 0.29) is 19.0 Å². The van der Waals surface area contributed by atoms with E-state index in [0.717, 1.165) is 0 Å². The topological polar surface area (TPSA) is 120 Å². The number of hydrogen-bond donors (Lipinski definition) is 3. The lowest BCUT2D eigenvalue weighted by Gasteiger charge is -2.22. The van der Waals surface area contributed by atoms with Crippen LogP contribution in [0.25, 0.3) is 0 Å². The first-order valence-corrected chi connectivity index (χ1v) is 9.35. The summed E-state index contributed by atoms with van der Waals surface area (Å²) in [5.74, 6) is -0.881. The van der Waals surface area contributed by atoms with Crippen molar-refractivity contribution in [2.24, 2.45) is 0 Å². The van der Waals surface area contributed by atoms with Gasteiger partial charge in [0.05, 0.1) is 25.9 Å². The Balaban J connectivity index is 1.92. The minimum Gasteiger partial charge on any atom is -0.495 e. The van der Waals surface area contributed by atoms with Gasteiger partial charge in [-0.3, -0.25) is 24.7 Å². The molecule has 3 N–H and O–H groups in total. The summed E-state index contributed by atoms with van der Waals surface area (Å²) >= 11 is 0. The maximum absolute atomic E-state index is 12.3. The van der Waals surface area contributed by atoms with Crippen LogP contribution < -0.4 is 20.8 Å². The van der Waals surface area contributed by atoms with Crippen molar-refractivity contribution >= 4 is 29.4 Å². The van der Waals surface area contributed by atoms with E-state index in [4.69, 9.17) is 4.74 Å². The lowest BCUT2D eigenvalue weighted by molar-refractivity contribution is -0.139. The number of urea groups is 1. The Labute approximate surface area is 169 Å². The van der Waals surface area contributed by atoms with Gasteiger partial charge in [-0.05, 0) is 32.0 Å². The van der Waals surface area contributed by atoms with E-state index in [2.05, 4.69) is 16.1 Å². The normalized spacial score (nSPS) is 18.6. The first kappa shape index (κ1) is 22.2. The van der Waals surface area contributed by atoms with Crippen LogP contribution in [0.4, 0.5) is 10.5 Å². The Morgan fingerprint density at radius 2 is 1.83 bits per heavy atom. The number of anilines is 1. The van der Waals surface area contributed by atoms with Gasteiger partial charge >= 0.3 is 6.03 Å². The summed E-state index contributed by atoms with van der Waals surface area (Å²) in [6.45, 7) is 5.37. The Bertz CT molecular complexity index is 799. The van der Waals surface area contributed by atoms with Crippen LogP contribution in [0.3, 0.4) is 0 Å². The minimum atomic E-state index is -1.04. The molecule has 1 aromatic rings. The van der Waals surface area contributed by atoms with Crippen LogP contribution in [0.2, 0.25) is 0 Å². The lowest BCUT2D eigenvalue weighted by Crippen LogP contribution is -2.51. The fourth-order valence-corrected chi connectivity index (χ4v) is 2.81. The van der Waals surface area contributed by atoms with E-state index in [9.17, 15) is 19.2 Å². The van der Waals surface area contributed by atoms with Gasteiger partial charge in [0.25, 0.3) is 11.8 Å². The Kier molecular flexibility index (Phi) is 7.16. The molecule has 29 heavy (non-hydrogen) atoms. The fourth-order valence-electron chi connectivity index (χ4n) is 2.81. The van der Waals surface area contributed by atoms with Crippen LogP contribution >= 0.6 is 0 Å². The zero-order valence-electron chi connectivity index (χ0n) is 17.1. The van der Waals surface area contributed by atoms with Gasteiger partial charge in [-0.1, -0.05) is 26.0 Å². The number of rotatable bonds is 9. The van der Waals surface area contributed by atoms with E-state index in [0.29, 0.717) is 29.4 Å². The summed E-state index contributed by atoms with van der Waals surface area (Å²) in [5.41, 5.74) is 1.80. The lowest BCUT2D eigenvalue weighted by atomic mass is 10.00. The van der Waals surface area contributed by atoms with Crippen molar-refractivity contribution in [2.75, 3.05) is 32.1 Å². The quantitative estimate of drug-likeness (QED) is 0.521. The van der Waals surface area contributed by atoms with Gasteiger partial charge < -0.3 is 15.4 Å². The number of para-hydroxylation sites is 2. The second-order valence-corrected chi connectivity index (χ2v) is 6.84. The molecule has 0 radical (unpaired) electrons. The molecule has 2 rings (SSSR count). The number of imide groups is 1. The average Bonchev–Trinajstić information content (AvgIpc) is 2.91. The zero-order chi connectivity index (χ0) is 21.6. The van der Waals surface area contributed by atoms with Gasteiger partial charge in [0, 0.05) is 0 Å². The van der Waals surface area contributed by atoms with Crippen LogP contribution in [-0.4, -0.2) is 65.9 Å². The highest BCUT2D eigenvalue weighted by Gasteiger charge is 2.47. The number of hydrogen-bond acceptors (Lipinski definition) is 6. The molecule has 5 amide bonds. The molecule has 1 atom stereocenters. The predicted molar refractivity (Wildman–Crippen MR) is 106 cm³/mol. The number of ether oxygens (including phenoxy) is 1. The molecule has 10 heteroatoms. The van der Waals surface area contributed by atoms with Crippen molar-refractivity contribution in [3.8, 4) is 5.75 Å². The standard InChI is InChI=1S/C19H27N5O5/c1-5-19(3)17(27)24(18(28)21-19)22-16(26)12-23(6-2)11-15(25)20-13-9-7-8-10-14(13)29-4/h7-10H,5-6,11-12H2,1-4H3,(H,20,25)(H,21,28)(H,22,26)/t19-/m0/s1. The molecule has 0 spiro atoms. The van der Waals surface area contributed by atoms with Crippen molar-refractivity contribution in [1.82, 2.24) is 20.7 Å². The van der Waals surface area contributed by atoms with Crippen molar-refractivity contribution in [3.63, 3.8) is 0 Å². The molecule has 0 unspecified atom stereocenters. The Morgan fingerprint density at radius 3 is 2.41 bits per heavy atom. The maximum atomic E-state index is 12.3. The number of nitrogens with zero attached hydrogens (tertiary/aromatic N) is 2. The summed E-state index contributed by atoms with van der Waals surface area (Å²) in [7, 11) is 1.51. The molecule has 1 fully saturated rings. The van der Waals surface area contributed by atoms with Gasteiger partial charge in [-0.2, -0.15) is 5.01 Å². The molecule has 1 aliphatic rings. The largest absolute Gasteiger partial charge is 0.495 e. The Hall–Kier alpha value is -3.14. The number of amides is 5. The van der Waals surface area contributed by atoms with Gasteiger partial charge in [0.1, 0.15) is 11.3 Å². The van der Waals surface area contributed by atoms with Crippen molar-refractivity contribution < 1.29 is 23.9 Å². The van der Waals surface area contributed by atoms with E-state index >= 15 is 0 Å². The van der Waals surface area contributed by atoms with Crippen molar-refractivity contribution in [3.05, 3.63) is 24.3 Å². The van der Waals surface area contributed by atoms with Gasteiger partial charge in [0.15, 0.2) is 0 Å². The number of methoxy groups -OCH3 is 1. The monoisotopic (exact) mass is 405 g/mol. The second-order valence-electron chi connectivity index (χ2n) is 6.84. The molecule has 0 aliphatic carbocycles. The molecule has 1 aliphatic heterocycles. The van der Waals surface area contributed by atoms with Gasteiger partial charge in [-0.15, -0.1) is 0 Å². The van der Waals surface area contributed by atoms with E-state index < -0.39 is 23.4 Å². The van der Waals surface area contributed by atoms with Crippen LogP contribution in [0, 0.1) is 0 Å². The summed E-state index contributed by atoms with van der Waals surface area (Å²) in [6.07, 6.45) is 0.397. The highest BCUT2D eigenvalue weighted by Crippen LogP contribution is 2.23. The van der Waals surface area contributed by atoms with Gasteiger partial charge in [0.2, 0.25) is 5.91 Å². The van der Waals surface area contributed by atoms with Crippen LogP contribution in [0.15, 0.2) is 24.3 Å². The minimum absolute atomic E-state index is 0.0468.